The molecule has 1 fully saturated rings. The fourth-order valence-corrected chi connectivity index (χ4v) is 6.66. The maximum Gasteiger partial charge on any atom is 0.282 e. The van der Waals surface area contributed by atoms with E-state index in [2.05, 4.69) is 5.43 Å². The molecule has 2 heterocycles. The minimum atomic E-state index is -3.34. The second-order valence-corrected chi connectivity index (χ2v) is 12.3. The van der Waals surface area contributed by atoms with Gasteiger partial charge in [0.25, 0.3) is 5.91 Å². The molecule has 2 atom stereocenters. The van der Waals surface area contributed by atoms with E-state index in [-0.39, 0.29) is 23.6 Å². The maximum absolute atomic E-state index is 13.3. The molecule has 0 aliphatic carbocycles. The normalized spacial score (nSPS) is 20.9. The zero-order valence-electron chi connectivity index (χ0n) is 20.6. The minimum Gasteiger partial charge on any atom is -0.284 e. The number of sulfone groups is 1. The van der Waals surface area contributed by atoms with Gasteiger partial charge < -0.3 is 0 Å². The van der Waals surface area contributed by atoms with Crippen LogP contribution in [0.1, 0.15) is 57.6 Å². The summed E-state index contributed by atoms with van der Waals surface area (Å²) < 4.78 is 25.3. The highest BCUT2D eigenvalue weighted by molar-refractivity contribution is 7.91. The quantitative estimate of drug-likeness (QED) is 0.460. The first-order valence-corrected chi connectivity index (χ1v) is 14.8. The van der Waals surface area contributed by atoms with Crippen LogP contribution in [0.25, 0.3) is 0 Å². The highest BCUT2D eigenvalue weighted by Crippen LogP contribution is 2.42. The number of halogens is 2. The molecule has 0 spiro atoms. The molecule has 7 nitrogen and oxygen atoms in total. The summed E-state index contributed by atoms with van der Waals surface area (Å²) >= 11 is 12.7. The van der Waals surface area contributed by atoms with E-state index in [0.29, 0.717) is 32.8 Å². The molecule has 1 amide bonds. The van der Waals surface area contributed by atoms with Crippen LogP contribution in [-0.4, -0.2) is 43.9 Å². The number of hydrogen-bond acceptors (Lipinski definition) is 6. The average molecular weight is 552 g/mol. The lowest BCUT2D eigenvalue weighted by Gasteiger charge is -2.28. The Hall–Kier alpha value is -2.13. The van der Waals surface area contributed by atoms with Crippen LogP contribution in [0.15, 0.2) is 52.5 Å². The van der Waals surface area contributed by atoms with E-state index in [1.807, 2.05) is 18.9 Å². The van der Waals surface area contributed by atoms with Gasteiger partial charge in [-0.2, -0.15) is 5.10 Å². The van der Waals surface area contributed by atoms with E-state index >= 15 is 0 Å². The zero-order chi connectivity index (χ0) is 25.9. The van der Waals surface area contributed by atoms with Crippen molar-refractivity contribution in [3.8, 4) is 0 Å². The lowest BCUT2D eigenvalue weighted by atomic mass is 9.91. The molecule has 0 radical (unpaired) electrons. The number of nitrogens with one attached hydrogen (secondary N) is 1. The number of amides is 1. The van der Waals surface area contributed by atoms with Gasteiger partial charge in [0.15, 0.2) is 9.84 Å². The van der Waals surface area contributed by atoms with E-state index in [1.54, 1.807) is 47.5 Å². The number of carbonyl (C=O) groups is 1. The number of piperidine rings is 1. The van der Waals surface area contributed by atoms with E-state index < -0.39 is 9.84 Å². The molecule has 0 aromatic heterocycles. The van der Waals surface area contributed by atoms with Gasteiger partial charge in [-0.1, -0.05) is 62.0 Å². The molecule has 0 saturated carbocycles. The number of carbonyl (C=O) groups excluding carboxylic acids is 1. The number of hydrazone groups is 1. The molecule has 2 aromatic carbocycles. The first kappa shape index (κ1) is 26.9. The topological polar surface area (TPSA) is 82.1 Å². The molecule has 0 bridgehead atoms. The SMILES string of the molecule is CCCCS(=O)(=O)c1ccc([C@@H]2[C@H](C)C(C(=O)NN3CCCCC3)=NN2c2ccc(Cl)cc2Cl)cc1. The van der Waals surface area contributed by atoms with Crippen LogP contribution < -0.4 is 10.4 Å². The summed E-state index contributed by atoms with van der Waals surface area (Å²) in [4.78, 5) is 13.6. The first-order valence-electron chi connectivity index (χ1n) is 12.4. The predicted molar refractivity (Wildman–Crippen MR) is 145 cm³/mol. The van der Waals surface area contributed by atoms with Crippen molar-refractivity contribution >= 4 is 50.3 Å². The van der Waals surface area contributed by atoms with Crippen LogP contribution in [0.4, 0.5) is 5.69 Å². The maximum atomic E-state index is 13.3. The number of hydrazine groups is 1. The van der Waals surface area contributed by atoms with Crippen LogP contribution in [0.3, 0.4) is 0 Å². The van der Waals surface area contributed by atoms with Gasteiger partial charge in [-0.05, 0) is 55.2 Å². The molecule has 0 unspecified atom stereocenters. The first-order chi connectivity index (χ1) is 17.2. The fourth-order valence-electron chi connectivity index (χ4n) is 4.71. The summed E-state index contributed by atoms with van der Waals surface area (Å²) in [6.45, 7) is 5.56. The summed E-state index contributed by atoms with van der Waals surface area (Å²) in [7, 11) is -3.34. The molecule has 1 saturated heterocycles. The number of hydrogen-bond donors (Lipinski definition) is 1. The smallest absolute Gasteiger partial charge is 0.282 e. The predicted octanol–water partition coefficient (Wildman–Crippen LogP) is 5.64. The van der Waals surface area contributed by atoms with Crippen molar-refractivity contribution in [3.63, 3.8) is 0 Å². The minimum absolute atomic E-state index is 0.124. The molecule has 2 aromatic rings. The molecule has 36 heavy (non-hydrogen) atoms. The van der Waals surface area contributed by atoms with Gasteiger partial charge in [0, 0.05) is 24.0 Å². The zero-order valence-corrected chi connectivity index (χ0v) is 22.9. The highest BCUT2D eigenvalue weighted by Gasteiger charge is 2.40. The number of rotatable bonds is 8. The Balaban J connectivity index is 1.66. The van der Waals surface area contributed by atoms with Gasteiger partial charge in [-0.3, -0.25) is 15.2 Å². The van der Waals surface area contributed by atoms with Crippen LogP contribution in [0.2, 0.25) is 10.0 Å². The average Bonchev–Trinajstić information content (AvgIpc) is 3.20. The highest BCUT2D eigenvalue weighted by atomic mass is 35.5. The second-order valence-electron chi connectivity index (χ2n) is 9.39. The van der Waals surface area contributed by atoms with Crippen molar-refractivity contribution < 1.29 is 13.2 Å². The second kappa shape index (κ2) is 11.5. The Morgan fingerprint density at radius 1 is 1.08 bits per heavy atom. The lowest BCUT2D eigenvalue weighted by Crippen LogP contribution is -2.48. The van der Waals surface area contributed by atoms with Gasteiger partial charge in [0.05, 0.1) is 27.4 Å². The summed E-state index contributed by atoms with van der Waals surface area (Å²) in [6.07, 6.45) is 4.69. The van der Waals surface area contributed by atoms with Crippen LogP contribution >= 0.6 is 23.2 Å². The Morgan fingerprint density at radius 2 is 1.78 bits per heavy atom. The van der Waals surface area contributed by atoms with E-state index in [9.17, 15) is 13.2 Å². The molecule has 2 aliphatic heterocycles. The van der Waals surface area contributed by atoms with Crippen molar-refractivity contribution in [1.82, 2.24) is 10.4 Å². The van der Waals surface area contributed by atoms with E-state index in [0.717, 1.165) is 37.9 Å². The molecule has 2 aliphatic rings. The summed E-state index contributed by atoms with van der Waals surface area (Å²) in [6, 6.07) is 11.7. The molecule has 10 heteroatoms. The van der Waals surface area contributed by atoms with E-state index in [1.165, 1.54) is 6.42 Å². The van der Waals surface area contributed by atoms with Crippen LogP contribution in [0, 0.1) is 5.92 Å². The summed E-state index contributed by atoms with van der Waals surface area (Å²) in [5.74, 6) is -0.385. The van der Waals surface area contributed by atoms with Crippen molar-refractivity contribution in [3.05, 3.63) is 58.1 Å². The van der Waals surface area contributed by atoms with Crippen LogP contribution in [0.5, 0.6) is 0 Å². The fraction of sp³-hybridized carbons (Fsp3) is 0.462. The molecule has 194 valence electrons. The van der Waals surface area contributed by atoms with Crippen LogP contribution in [-0.2, 0) is 14.6 Å². The Kier molecular flexibility index (Phi) is 8.60. The Bertz CT molecular complexity index is 1230. The standard InChI is InChI=1S/C26H32Cl2N4O3S/c1-3-4-16-36(34,35)21-11-8-19(9-12-21)25-18(2)24(26(33)30-31-14-6-5-7-15-31)29-32(25)23-13-10-20(27)17-22(23)28/h8-13,17-18,25H,3-7,14-16H2,1-2H3,(H,30,33)/t18-,25+/m1/s1. The third-order valence-corrected chi connectivity index (χ3v) is 9.09. The largest absolute Gasteiger partial charge is 0.284 e. The molecule has 4 rings (SSSR count). The lowest BCUT2D eigenvalue weighted by molar-refractivity contribution is -0.120. The van der Waals surface area contributed by atoms with Gasteiger partial charge >= 0.3 is 0 Å². The van der Waals surface area contributed by atoms with Crippen molar-refractivity contribution in [2.75, 3.05) is 23.9 Å². The van der Waals surface area contributed by atoms with Crippen molar-refractivity contribution in [2.45, 2.75) is 56.9 Å². The third kappa shape index (κ3) is 5.88. The number of unbranched alkanes of at least 4 members (excludes halogenated alkanes) is 1. The van der Waals surface area contributed by atoms with Gasteiger partial charge in [0.2, 0.25) is 0 Å². The summed E-state index contributed by atoms with van der Waals surface area (Å²) in [5.41, 5.74) is 4.87. The van der Waals surface area contributed by atoms with Gasteiger partial charge in [0.1, 0.15) is 5.71 Å². The van der Waals surface area contributed by atoms with Crippen molar-refractivity contribution in [1.29, 1.82) is 0 Å². The molecular weight excluding hydrogens is 519 g/mol. The Morgan fingerprint density at radius 3 is 2.42 bits per heavy atom. The number of nitrogens with zero attached hydrogens (tertiary/aromatic N) is 3. The van der Waals surface area contributed by atoms with E-state index in [4.69, 9.17) is 28.3 Å². The van der Waals surface area contributed by atoms with Gasteiger partial charge in [-0.15, -0.1) is 0 Å². The number of anilines is 1. The Labute approximate surface area is 223 Å². The number of benzene rings is 2. The third-order valence-electron chi connectivity index (χ3n) is 6.74. The molecular formula is C26H32Cl2N4O3S. The molecule has 1 N–H and O–H groups in total. The monoisotopic (exact) mass is 550 g/mol. The van der Waals surface area contributed by atoms with Crippen molar-refractivity contribution in [2.24, 2.45) is 11.0 Å². The van der Waals surface area contributed by atoms with Gasteiger partial charge in [-0.25, -0.2) is 13.4 Å². The summed E-state index contributed by atoms with van der Waals surface area (Å²) in [5, 5.41) is 9.34.